The second-order valence-corrected chi connectivity index (χ2v) is 5.42. The molecule has 0 saturated heterocycles. The van der Waals surface area contributed by atoms with E-state index in [9.17, 15) is 9.59 Å². The lowest BCUT2D eigenvalue weighted by Gasteiger charge is -2.33. The Morgan fingerprint density at radius 1 is 1.22 bits per heavy atom. The molecule has 1 heterocycles. The molecule has 18 heavy (non-hydrogen) atoms. The van der Waals surface area contributed by atoms with Gasteiger partial charge in [-0.15, -0.1) is 0 Å². The van der Waals surface area contributed by atoms with E-state index in [1.165, 1.54) is 11.0 Å². The van der Waals surface area contributed by atoms with Crippen LogP contribution in [0, 0.1) is 0 Å². The van der Waals surface area contributed by atoms with Gasteiger partial charge in [-0.1, -0.05) is 11.6 Å². The lowest BCUT2D eigenvalue weighted by atomic mass is 9.98. The van der Waals surface area contributed by atoms with E-state index < -0.39 is 5.54 Å². The molecule has 2 rings (SSSR count). The van der Waals surface area contributed by atoms with Crippen molar-refractivity contribution < 1.29 is 9.59 Å². The molecule has 2 amide bonds. The molecule has 96 valence electrons. The maximum atomic E-state index is 12.3. The summed E-state index contributed by atoms with van der Waals surface area (Å²) in [7, 11) is 0. The van der Waals surface area contributed by atoms with Gasteiger partial charge < -0.3 is 5.73 Å². The van der Waals surface area contributed by atoms with E-state index in [0.29, 0.717) is 29.1 Å². The predicted octanol–water partition coefficient (Wildman–Crippen LogP) is 2.06. The zero-order chi connectivity index (χ0) is 13.5. The fraction of sp³-hybridized carbons (Fsp3) is 0.385. The van der Waals surface area contributed by atoms with Crippen molar-refractivity contribution in [3.8, 4) is 0 Å². The molecule has 0 aromatic heterocycles. The summed E-state index contributed by atoms with van der Waals surface area (Å²) < 4.78 is 0. The third-order valence-electron chi connectivity index (χ3n) is 3.21. The number of carbonyl (C=O) groups excluding carboxylic acids is 2. The zero-order valence-corrected chi connectivity index (χ0v) is 11.1. The largest absolute Gasteiger partial charge is 0.330 e. The van der Waals surface area contributed by atoms with Gasteiger partial charge in [-0.05, 0) is 45.0 Å². The van der Waals surface area contributed by atoms with Gasteiger partial charge in [0, 0.05) is 10.6 Å². The third kappa shape index (κ3) is 1.91. The summed E-state index contributed by atoms with van der Waals surface area (Å²) in [4.78, 5) is 25.8. The lowest BCUT2D eigenvalue weighted by Crippen LogP contribution is -2.48. The van der Waals surface area contributed by atoms with E-state index in [2.05, 4.69) is 0 Å². The van der Waals surface area contributed by atoms with Crippen molar-refractivity contribution in [3.05, 3.63) is 34.3 Å². The van der Waals surface area contributed by atoms with Gasteiger partial charge in [0.1, 0.15) is 0 Å². The summed E-state index contributed by atoms with van der Waals surface area (Å²) in [6, 6.07) is 4.75. The van der Waals surface area contributed by atoms with Crippen LogP contribution in [-0.2, 0) is 0 Å². The van der Waals surface area contributed by atoms with Crippen molar-refractivity contribution in [3.63, 3.8) is 0 Å². The number of nitrogens with zero attached hydrogens (tertiary/aromatic N) is 1. The summed E-state index contributed by atoms with van der Waals surface area (Å²) in [5.74, 6) is -0.568. The number of imide groups is 1. The fourth-order valence-electron chi connectivity index (χ4n) is 2.23. The number of benzene rings is 1. The van der Waals surface area contributed by atoms with Gasteiger partial charge in [0.15, 0.2) is 0 Å². The van der Waals surface area contributed by atoms with Gasteiger partial charge in [-0.25, -0.2) is 0 Å². The van der Waals surface area contributed by atoms with Gasteiger partial charge in [0.05, 0.1) is 11.1 Å². The topological polar surface area (TPSA) is 63.4 Å². The first-order valence-electron chi connectivity index (χ1n) is 5.77. The molecule has 4 nitrogen and oxygen atoms in total. The highest BCUT2D eigenvalue weighted by atomic mass is 35.5. The second-order valence-electron chi connectivity index (χ2n) is 4.99. The normalized spacial score (nSPS) is 15.2. The number of rotatable bonds is 3. The standard InChI is InChI=1S/C13H15ClN2O2/c1-13(2,5-6-15)16-11(17)9-4-3-8(14)7-10(9)12(16)18/h3-4,7H,5-6,15H2,1-2H3. The van der Waals surface area contributed by atoms with Crippen LogP contribution < -0.4 is 5.73 Å². The van der Waals surface area contributed by atoms with Gasteiger partial charge in [-0.3, -0.25) is 14.5 Å². The van der Waals surface area contributed by atoms with Crippen molar-refractivity contribution in [2.45, 2.75) is 25.8 Å². The van der Waals surface area contributed by atoms with Crippen molar-refractivity contribution in [1.29, 1.82) is 0 Å². The molecule has 0 fully saturated rings. The molecule has 0 saturated carbocycles. The van der Waals surface area contributed by atoms with E-state index in [1.54, 1.807) is 12.1 Å². The number of halogens is 1. The molecule has 1 aromatic rings. The Kier molecular flexibility index (Phi) is 3.17. The molecule has 0 aliphatic carbocycles. The Balaban J connectivity index is 2.46. The molecule has 2 N–H and O–H groups in total. The lowest BCUT2D eigenvalue weighted by molar-refractivity contribution is 0.0471. The smallest absolute Gasteiger partial charge is 0.262 e. The summed E-state index contributed by atoms with van der Waals surface area (Å²) in [5, 5.41) is 0.452. The van der Waals surface area contributed by atoms with E-state index >= 15 is 0 Å². The van der Waals surface area contributed by atoms with Gasteiger partial charge in [-0.2, -0.15) is 0 Å². The SMILES string of the molecule is CC(C)(CCN)N1C(=O)c2ccc(Cl)cc2C1=O. The summed E-state index contributed by atoms with van der Waals surface area (Å²) >= 11 is 5.86. The monoisotopic (exact) mass is 266 g/mol. The van der Waals surface area contributed by atoms with Crippen LogP contribution in [0.2, 0.25) is 5.02 Å². The molecule has 1 aromatic carbocycles. The quantitative estimate of drug-likeness (QED) is 0.852. The average molecular weight is 267 g/mol. The number of carbonyl (C=O) groups is 2. The van der Waals surface area contributed by atoms with Crippen LogP contribution in [0.4, 0.5) is 0 Å². The van der Waals surface area contributed by atoms with Crippen molar-refractivity contribution >= 4 is 23.4 Å². The molecule has 0 radical (unpaired) electrons. The molecule has 0 bridgehead atoms. The molecule has 0 spiro atoms. The number of hydrogen-bond donors (Lipinski definition) is 1. The summed E-state index contributed by atoms with van der Waals surface area (Å²) in [6.45, 7) is 4.09. The van der Waals surface area contributed by atoms with Gasteiger partial charge >= 0.3 is 0 Å². The molecule has 1 aliphatic heterocycles. The Labute approximate surface area is 111 Å². The average Bonchev–Trinajstić information content (AvgIpc) is 2.51. The van der Waals surface area contributed by atoms with Crippen molar-refractivity contribution in [1.82, 2.24) is 4.90 Å². The molecule has 1 aliphatic rings. The Hall–Kier alpha value is -1.39. The minimum Gasteiger partial charge on any atom is -0.330 e. The van der Waals surface area contributed by atoms with Crippen LogP contribution in [0.3, 0.4) is 0 Å². The maximum Gasteiger partial charge on any atom is 0.262 e. The molecule has 0 unspecified atom stereocenters. The van der Waals surface area contributed by atoms with Crippen LogP contribution in [-0.4, -0.2) is 28.8 Å². The highest BCUT2D eigenvalue weighted by Gasteiger charge is 2.43. The number of hydrogen-bond acceptors (Lipinski definition) is 3. The second kappa shape index (κ2) is 4.37. The molecular formula is C13H15ClN2O2. The fourth-order valence-corrected chi connectivity index (χ4v) is 2.40. The summed E-state index contributed by atoms with van der Waals surface area (Å²) in [6.07, 6.45) is 0.562. The number of fused-ring (bicyclic) bond motifs is 1. The van der Waals surface area contributed by atoms with Crippen LogP contribution in [0.1, 0.15) is 41.0 Å². The van der Waals surface area contributed by atoms with Crippen molar-refractivity contribution in [2.75, 3.05) is 6.54 Å². The van der Waals surface area contributed by atoms with Crippen LogP contribution >= 0.6 is 11.6 Å². The van der Waals surface area contributed by atoms with E-state index in [0.717, 1.165) is 0 Å². The highest BCUT2D eigenvalue weighted by Crippen LogP contribution is 2.32. The van der Waals surface area contributed by atoms with E-state index in [-0.39, 0.29) is 11.8 Å². The third-order valence-corrected chi connectivity index (χ3v) is 3.45. The molecule has 0 atom stereocenters. The van der Waals surface area contributed by atoms with E-state index in [1.807, 2.05) is 13.8 Å². The Bertz CT molecular complexity index is 526. The minimum absolute atomic E-state index is 0.273. The van der Waals surface area contributed by atoms with Crippen LogP contribution in [0.5, 0.6) is 0 Å². The number of nitrogens with two attached hydrogens (primary N) is 1. The van der Waals surface area contributed by atoms with Gasteiger partial charge in [0.2, 0.25) is 0 Å². The molecular weight excluding hydrogens is 252 g/mol. The minimum atomic E-state index is -0.589. The first-order valence-corrected chi connectivity index (χ1v) is 6.15. The Morgan fingerprint density at radius 2 is 1.83 bits per heavy atom. The predicted molar refractivity (Wildman–Crippen MR) is 69.7 cm³/mol. The van der Waals surface area contributed by atoms with Crippen molar-refractivity contribution in [2.24, 2.45) is 5.73 Å². The van der Waals surface area contributed by atoms with Crippen LogP contribution in [0.25, 0.3) is 0 Å². The first kappa shape index (κ1) is 13.1. The Morgan fingerprint density at radius 3 is 2.44 bits per heavy atom. The maximum absolute atomic E-state index is 12.3. The van der Waals surface area contributed by atoms with Gasteiger partial charge in [0.25, 0.3) is 11.8 Å². The van der Waals surface area contributed by atoms with Crippen LogP contribution in [0.15, 0.2) is 18.2 Å². The zero-order valence-electron chi connectivity index (χ0n) is 10.4. The summed E-state index contributed by atoms with van der Waals surface area (Å²) in [5.41, 5.74) is 5.73. The number of amides is 2. The molecule has 5 heteroatoms. The first-order chi connectivity index (χ1) is 8.38. The van der Waals surface area contributed by atoms with E-state index in [4.69, 9.17) is 17.3 Å². The highest BCUT2D eigenvalue weighted by molar-refractivity contribution is 6.32.